The molecule has 0 fully saturated rings. The van der Waals surface area contributed by atoms with Gasteiger partial charge in [-0.2, -0.15) is 0 Å². The van der Waals surface area contributed by atoms with E-state index in [1.54, 1.807) is 31.4 Å². The highest BCUT2D eigenvalue weighted by Gasteiger charge is 2.04. The zero-order valence-corrected chi connectivity index (χ0v) is 14.4. The molecule has 0 aliphatic carbocycles. The van der Waals surface area contributed by atoms with E-state index in [0.717, 1.165) is 5.56 Å². The lowest BCUT2D eigenvalue weighted by molar-refractivity contribution is -0.116. The lowest BCUT2D eigenvalue weighted by Crippen LogP contribution is -2.26. The predicted octanol–water partition coefficient (Wildman–Crippen LogP) is 2.16. The third-order valence-corrected chi connectivity index (χ3v) is 4.23. The first-order valence-electron chi connectivity index (χ1n) is 7.33. The average molecular weight is 337 g/mol. The van der Waals surface area contributed by atoms with Crippen molar-refractivity contribution in [3.8, 4) is 11.5 Å². The number of hydrogen-bond acceptors (Lipinski definition) is 4. The molecule has 0 heterocycles. The number of carbonyl (C=O) groups excluding carboxylic acids is 1. The highest BCUT2D eigenvalue weighted by atomic mass is 32.2. The maximum atomic E-state index is 11.7. The van der Waals surface area contributed by atoms with Crippen LogP contribution in [0.4, 0.5) is 0 Å². The molecule has 0 aromatic heterocycles. The largest absolute Gasteiger partial charge is 0.493 e. The Bertz CT molecular complexity index is 584. The molecule has 1 aromatic rings. The maximum Gasteiger partial charge on any atom is 0.244 e. The Balaban J connectivity index is 2.60. The molecule has 23 heavy (non-hydrogen) atoms. The first-order valence-corrected chi connectivity index (χ1v) is 8.82. The lowest BCUT2D eigenvalue weighted by Gasteiger charge is -2.09. The van der Waals surface area contributed by atoms with Gasteiger partial charge in [-0.15, -0.1) is 0 Å². The second kappa shape index (κ2) is 10.6. The van der Waals surface area contributed by atoms with Crippen LogP contribution < -0.4 is 14.8 Å². The Morgan fingerprint density at radius 2 is 2.17 bits per heavy atom. The van der Waals surface area contributed by atoms with E-state index in [1.807, 2.05) is 13.0 Å². The highest BCUT2D eigenvalue weighted by molar-refractivity contribution is 7.84. The number of carbonyl (C=O) groups is 1. The van der Waals surface area contributed by atoms with E-state index in [4.69, 9.17) is 9.47 Å². The summed E-state index contributed by atoms with van der Waals surface area (Å²) in [6.45, 7) is 6.25. The van der Waals surface area contributed by atoms with Crippen LogP contribution in [0.5, 0.6) is 11.5 Å². The standard InChI is InChI=1S/C17H23NO4S/c1-4-11-22-15-8-6-14(13-16(15)21-3)7-9-17(19)18-10-12-23(20)5-2/h4,6-9,13H,1,5,10-12H2,2-3H3,(H,18,19)/b9-7-/t23-/m0/s1. The highest BCUT2D eigenvalue weighted by Crippen LogP contribution is 2.28. The van der Waals surface area contributed by atoms with Crippen LogP contribution in [0.1, 0.15) is 12.5 Å². The summed E-state index contributed by atoms with van der Waals surface area (Å²) in [7, 11) is 0.690. The van der Waals surface area contributed by atoms with E-state index in [1.165, 1.54) is 6.08 Å². The monoisotopic (exact) mass is 337 g/mol. The molecule has 0 saturated carbocycles. The van der Waals surface area contributed by atoms with Crippen LogP contribution in [0, 0.1) is 0 Å². The van der Waals surface area contributed by atoms with E-state index in [-0.39, 0.29) is 5.91 Å². The Kier molecular flexibility index (Phi) is 8.75. The minimum absolute atomic E-state index is 0.218. The first-order chi connectivity index (χ1) is 11.1. The molecule has 0 unspecified atom stereocenters. The van der Waals surface area contributed by atoms with E-state index >= 15 is 0 Å². The summed E-state index contributed by atoms with van der Waals surface area (Å²) in [5.74, 6) is 2.07. The van der Waals surface area contributed by atoms with Crippen molar-refractivity contribution < 1.29 is 18.5 Å². The Morgan fingerprint density at radius 3 is 2.83 bits per heavy atom. The molecule has 126 valence electrons. The van der Waals surface area contributed by atoms with E-state index in [9.17, 15) is 9.00 Å². The van der Waals surface area contributed by atoms with Gasteiger partial charge in [-0.05, 0) is 23.8 Å². The normalized spacial score (nSPS) is 11.9. The third-order valence-electron chi connectivity index (χ3n) is 2.92. The summed E-state index contributed by atoms with van der Waals surface area (Å²) in [5, 5.41) is 2.70. The smallest absolute Gasteiger partial charge is 0.244 e. The van der Waals surface area contributed by atoms with Crippen molar-refractivity contribution >= 4 is 22.8 Å². The van der Waals surface area contributed by atoms with Crippen molar-refractivity contribution in [1.82, 2.24) is 5.32 Å². The van der Waals surface area contributed by atoms with Crippen LogP contribution in [-0.2, 0) is 15.6 Å². The molecule has 0 aliphatic rings. The van der Waals surface area contributed by atoms with Gasteiger partial charge in [-0.25, -0.2) is 0 Å². The number of methoxy groups -OCH3 is 1. The van der Waals surface area contributed by atoms with Crippen molar-refractivity contribution in [2.24, 2.45) is 0 Å². The van der Waals surface area contributed by atoms with E-state index in [0.29, 0.717) is 36.2 Å². The van der Waals surface area contributed by atoms with Gasteiger partial charge in [-0.3, -0.25) is 9.00 Å². The minimum Gasteiger partial charge on any atom is -0.493 e. The van der Waals surface area contributed by atoms with Gasteiger partial charge in [-0.1, -0.05) is 25.6 Å². The molecule has 0 spiro atoms. The maximum absolute atomic E-state index is 11.7. The van der Waals surface area contributed by atoms with Crippen molar-refractivity contribution in [3.63, 3.8) is 0 Å². The van der Waals surface area contributed by atoms with E-state index < -0.39 is 10.8 Å². The molecule has 1 atom stereocenters. The van der Waals surface area contributed by atoms with Crippen LogP contribution in [-0.4, -0.2) is 41.9 Å². The van der Waals surface area contributed by atoms with Gasteiger partial charge in [0.15, 0.2) is 11.5 Å². The van der Waals surface area contributed by atoms with Crippen LogP contribution in [0.3, 0.4) is 0 Å². The van der Waals surface area contributed by atoms with Gasteiger partial charge in [0.25, 0.3) is 0 Å². The molecule has 6 heteroatoms. The molecule has 0 bridgehead atoms. The second-order valence-corrected chi connectivity index (χ2v) is 6.43. The molecule has 1 amide bonds. The Hall–Kier alpha value is -2.08. The fourth-order valence-corrected chi connectivity index (χ4v) is 2.34. The molecule has 0 radical (unpaired) electrons. The average Bonchev–Trinajstić information content (AvgIpc) is 2.58. The summed E-state index contributed by atoms with van der Waals surface area (Å²) >= 11 is 0. The van der Waals surface area contributed by atoms with Gasteiger partial charge in [0.2, 0.25) is 5.91 Å². The van der Waals surface area contributed by atoms with Crippen molar-refractivity contribution in [2.45, 2.75) is 6.92 Å². The second-order valence-electron chi connectivity index (χ2n) is 4.57. The fourth-order valence-electron chi connectivity index (χ4n) is 1.72. The lowest BCUT2D eigenvalue weighted by atomic mass is 10.2. The van der Waals surface area contributed by atoms with Gasteiger partial charge in [0.1, 0.15) is 6.61 Å². The number of amides is 1. The van der Waals surface area contributed by atoms with Gasteiger partial charge >= 0.3 is 0 Å². The van der Waals surface area contributed by atoms with E-state index in [2.05, 4.69) is 11.9 Å². The molecule has 1 aromatic carbocycles. The van der Waals surface area contributed by atoms with Crippen molar-refractivity contribution in [3.05, 3.63) is 42.5 Å². The number of ether oxygens (including phenoxy) is 2. The van der Waals surface area contributed by atoms with Crippen LogP contribution >= 0.6 is 0 Å². The fraction of sp³-hybridized carbons (Fsp3) is 0.353. The quantitative estimate of drug-likeness (QED) is 0.525. The Labute approximate surface area is 139 Å². The van der Waals surface area contributed by atoms with Crippen molar-refractivity contribution in [1.29, 1.82) is 0 Å². The van der Waals surface area contributed by atoms with Gasteiger partial charge in [0.05, 0.1) is 7.11 Å². The topological polar surface area (TPSA) is 64.6 Å². The van der Waals surface area contributed by atoms with Crippen LogP contribution in [0.25, 0.3) is 6.08 Å². The molecule has 1 N–H and O–H groups in total. The summed E-state index contributed by atoms with van der Waals surface area (Å²) in [4.78, 5) is 11.7. The van der Waals surface area contributed by atoms with Crippen LogP contribution in [0.15, 0.2) is 36.9 Å². The SMILES string of the molecule is C=CCOc1ccc(/C=C\C(=O)NCC[S@@](=O)CC)cc1OC. The van der Waals surface area contributed by atoms with Crippen molar-refractivity contribution in [2.75, 3.05) is 31.8 Å². The summed E-state index contributed by atoms with van der Waals surface area (Å²) in [5.41, 5.74) is 0.820. The van der Waals surface area contributed by atoms with Crippen LogP contribution in [0.2, 0.25) is 0 Å². The zero-order chi connectivity index (χ0) is 17.1. The Morgan fingerprint density at radius 1 is 1.39 bits per heavy atom. The molecule has 0 aliphatic heterocycles. The number of benzene rings is 1. The third kappa shape index (κ3) is 7.15. The molecular formula is C17H23NO4S. The predicted molar refractivity (Wildman–Crippen MR) is 94.3 cm³/mol. The summed E-state index contributed by atoms with van der Waals surface area (Å²) in [6.07, 6.45) is 4.78. The zero-order valence-electron chi connectivity index (χ0n) is 13.5. The van der Waals surface area contributed by atoms with Gasteiger partial charge in [0, 0.05) is 34.9 Å². The number of rotatable bonds is 10. The molecular weight excluding hydrogens is 314 g/mol. The summed E-state index contributed by atoms with van der Waals surface area (Å²) < 4.78 is 22.0. The molecule has 5 nitrogen and oxygen atoms in total. The van der Waals surface area contributed by atoms with Gasteiger partial charge < -0.3 is 14.8 Å². The summed E-state index contributed by atoms with van der Waals surface area (Å²) in [6, 6.07) is 5.40. The number of hydrogen-bond donors (Lipinski definition) is 1. The molecule has 1 rings (SSSR count). The molecule has 0 saturated heterocycles. The first kappa shape index (κ1) is 19.0. The number of nitrogens with one attached hydrogen (secondary N) is 1. The minimum atomic E-state index is -0.870.